The lowest BCUT2D eigenvalue weighted by Gasteiger charge is -2.43. The summed E-state index contributed by atoms with van der Waals surface area (Å²) in [6, 6.07) is 12.9. The van der Waals surface area contributed by atoms with E-state index in [0.717, 1.165) is 16.0 Å². The number of rotatable bonds is 8. The number of carboxylic acid groups (broad SMARTS) is 1. The number of carbonyl (C=O) groups is 3. The summed E-state index contributed by atoms with van der Waals surface area (Å²) >= 11 is 0. The average molecular weight is 469 g/mol. The SMILES string of the molecule is COC(=O)C1(N(C(=O)OC(C)(C)C)[C@@H](CCCCN)C(=O)O)c2ccccc2-c2ccccc21. The van der Waals surface area contributed by atoms with Crippen molar-refractivity contribution in [2.45, 2.75) is 57.2 Å². The summed E-state index contributed by atoms with van der Waals surface area (Å²) in [4.78, 5) is 41.2. The van der Waals surface area contributed by atoms with Crippen molar-refractivity contribution in [3.05, 3.63) is 59.7 Å². The maximum Gasteiger partial charge on any atom is 0.412 e. The van der Waals surface area contributed by atoms with Crippen molar-refractivity contribution in [3.8, 4) is 11.1 Å². The van der Waals surface area contributed by atoms with Crippen LogP contribution in [0.3, 0.4) is 0 Å². The maximum atomic E-state index is 13.8. The van der Waals surface area contributed by atoms with Gasteiger partial charge in [0.05, 0.1) is 7.11 Å². The molecule has 0 spiro atoms. The topological polar surface area (TPSA) is 119 Å². The van der Waals surface area contributed by atoms with Gasteiger partial charge in [-0.05, 0) is 57.7 Å². The van der Waals surface area contributed by atoms with Gasteiger partial charge < -0.3 is 20.3 Å². The first kappa shape index (κ1) is 25.2. The number of hydrogen-bond donors (Lipinski definition) is 2. The molecule has 0 unspecified atom stereocenters. The number of ether oxygens (including phenoxy) is 2. The van der Waals surface area contributed by atoms with Gasteiger partial charge in [-0.1, -0.05) is 48.5 Å². The minimum atomic E-state index is -1.84. The number of nitrogens with zero attached hydrogens (tertiary/aromatic N) is 1. The first-order chi connectivity index (χ1) is 16.1. The molecule has 8 heteroatoms. The van der Waals surface area contributed by atoms with E-state index in [4.69, 9.17) is 15.2 Å². The zero-order valence-electron chi connectivity index (χ0n) is 20.0. The van der Waals surface area contributed by atoms with E-state index in [0.29, 0.717) is 30.5 Å². The quantitative estimate of drug-likeness (QED) is 0.445. The van der Waals surface area contributed by atoms with Gasteiger partial charge in [-0.2, -0.15) is 0 Å². The first-order valence-corrected chi connectivity index (χ1v) is 11.3. The molecule has 3 rings (SSSR count). The van der Waals surface area contributed by atoms with Crippen LogP contribution in [0.4, 0.5) is 4.79 Å². The molecular formula is C26H32N2O6. The third-order valence-corrected chi connectivity index (χ3v) is 5.88. The van der Waals surface area contributed by atoms with Crippen LogP contribution in [-0.2, 0) is 24.6 Å². The van der Waals surface area contributed by atoms with Crippen LogP contribution in [0.15, 0.2) is 48.5 Å². The van der Waals surface area contributed by atoms with E-state index in [-0.39, 0.29) is 6.42 Å². The van der Waals surface area contributed by atoms with Gasteiger partial charge in [0.15, 0.2) is 5.54 Å². The molecule has 2 aromatic carbocycles. The Morgan fingerprint density at radius 2 is 1.53 bits per heavy atom. The number of amides is 1. The molecule has 0 aliphatic heterocycles. The van der Waals surface area contributed by atoms with Gasteiger partial charge in [0.2, 0.25) is 0 Å². The van der Waals surface area contributed by atoms with Crippen molar-refractivity contribution in [2.24, 2.45) is 5.73 Å². The molecule has 3 N–H and O–H groups in total. The number of benzene rings is 2. The van der Waals surface area contributed by atoms with Crippen LogP contribution in [-0.4, -0.2) is 53.3 Å². The molecule has 0 heterocycles. The normalized spacial score (nSPS) is 14.5. The zero-order valence-corrected chi connectivity index (χ0v) is 20.0. The van der Waals surface area contributed by atoms with E-state index in [1.54, 1.807) is 45.0 Å². The van der Waals surface area contributed by atoms with Crippen molar-refractivity contribution in [1.29, 1.82) is 0 Å². The molecular weight excluding hydrogens is 436 g/mol. The molecule has 0 saturated carbocycles. The van der Waals surface area contributed by atoms with Crippen molar-refractivity contribution in [3.63, 3.8) is 0 Å². The number of aliphatic carboxylic acids is 1. The molecule has 1 amide bonds. The molecule has 34 heavy (non-hydrogen) atoms. The summed E-state index contributed by atoms with van der Waals surface area (Å²) < 4.78 is 11.0. The van der Waals surface area contributed by atoms with Crippen LogP contribution in [0, 0.1) is 0 Å². The Morgan fingerprint density at radius 1 is 1.00 bits per heavy atom. The second-order valence-electron chi connectivity index (χ2n) is 9.28. The van der Waals surface area contributed by atoms with Crippen LogP contribution < -0.4 is 5.73 Å². The highest BCUT2D eigenvalue weighted by Crippen LogP contribution is 2.52. The predicted octanol–water partition coefficient (Wildman–Crippen LogP) is 3.90. The third-order valence-electron chi connectivity index (χ3n) is 5.88. The summed E-state index contributed by atoms with van der Waals surface area (Å²) in [5, 5.41) is 10.3. The minimum absolute atomic E-state index is 0.0921. The lowest BCUT2D eigenvalue weighted by molar-refractivity contribution is -0.159. The van der Waals surface area contributed by atoms with Gasteiger partial charge in [-0.15, -0.1) is 0 Å². The van der Waals surface area contributed by atoms with Crippen LogP contribution in [0.2, 0.25) is 0 Å². The summed E-state index contributed by atoms with van der Waals surface area (Å²) in [5.74, 6) is -2.01. The number of hydrogen-bond acceptors (Lipinski definition) is 6. The van der Waals surface area contributed by atoms with Crippen LogP contribution in [0.5, 0.6) is 0 Å². The highest BCUT2D eigenvalue weighted by atomic mass is 16.6. The highest BCUT2D eigenvalue weighted by Gasteiger charge is 2.60. The first-order valence-electron chi connectivity index (χ1n) is 11.3. The summed E-state index contributed by atoms with van der Waals surface area (Å²) in [5.41, 5.74) is 5.26. The van der Waals surface area contributed by atoms with E-state index in [2.05, 4.69) is 0 Å². The van der Waals surface area contributed by atoms with Gasteiger partial charge in [0, 0.05) is 11.1 Å². The number of carboxylic acids is 1. The molecule has 1 aliphatic rings. The molecule has 8 nitrogen and oxygen atoms in total. The van der Waals surface area contributed by atoms with Crippen molar-refractivity contribution >= 4 is 18.0 Å². The standard InChI is InChI=1S/C26H32N2O6/c1-25(2,3)34-24(32)28(21(22(29)30)15-9-10-16-27)26(23(31)33-4)19-13-7-5-11-17(19)18-12-6-8-14-20(18)26/h5-8,11-14,21H,9-10,15-16,27H2,1-4H3,(H,29,30)/t21-/m0/s1. The minimum Gasteiger partial charge on any atom is -0.480 e. The lowest BCUT2D eigenvalue weighted by atomic mass is 9.83. The second-order valence-corrected chi connectivity index (χ2v) is 9.28. The van der Waals surface area contributed by atoms with Gasteiger partial charge in [-0.3, -0.25) is 4.90 Å². The van der Waals surface area contributed by atoms with Crippen molar-refractivity contribution < 1.29 is 29.0 Å². The number of methoxy groups -OCH3 is 1. The number of unbranched alkanes of at least 4 members (excludes halogenated alkanes) is 1. The van der Waals surface area contributed by atoms with Gasteiger partial charge in [-0.25, -0.2) is 14.4 Å². The van der Waals surface area contributed by atoms with Crippen molar-refractivity contribution in [1.82, 2.24) is 4.90 Å². The average Bonchev–Trinajstić information content (AvgIpc) is 3.08. The van der Waals surface area contributed by atoms with E-state index >= 15 is 0 Å². The fourth-order valence-corrected chi connectivity index (χ4v) is 4.59. The fourth-order valence-electron chi connectivity index (χ4n) is 4.59. The smallest absolute Gasteiger partial charge is 0.412 e. The highest BCUT2D eigenvalue weighted by molar-refractivity contribution is 6.01. The number of nitrogens with two attached hydrogens (primary N) is 1. The second kappa shape index (κ2) is 9.85. The molecule has 0 saturated heterocycles. The summed E-state index contributed by atoms with van der Waals surface area (Å²) in [6.07, 6.45) is 0.205. The van der Waals surface area contributed by atoms with Crippen LogP contribution in [0.25, 0.3) is 11.1 Å². The van der Waals surface area contributed by atoms with Gasteiger partial charge >= 0.3 is 18.0 Å². The van der Waals surface area contributed by atoms with E-state index in [1.165, 1.54) is 7.11 Å². The third kappa shape index (κ3) is 4.37. The lowest BCUT2D eigenvalue weighted by Crippen LogP contribution is -2.61. The Labute approximate surface area is 199 Å². The maximum absolute atomic E-state index is 13.8. The number of fused-ring (bicyclic) bond motifs is 3. The summed E-state index contributed by atoms with van der Waals surface area (Å²) in [7, 11) is 1.23. The fraction of sp³-hybridized carbons (Fsp3) is 0.423. The van der Waals surface area contributed by atoms with Crippen LogP contribution in [0.1, 0.15) is 51.2 Å². The molecule has 0 bridgehead atoms. The molecule has 2 aromatic rings. The Balaban J connectivity index is 2.36. The Bertz CT molecular complexity index is 1030. The molecule has 0 aromatic heterocycles. The monoisotopic (exact) mass is 468 g/mol. The summed E-state index contributed by atoms with van der Waals surface area (Å²) in [6.45, 7) is 5.45. The predicted molar refractivity (Wildman–Crippen MR) is 127 cm³/mol. The molecule has 1 atom stereocenters. The van der Waals surface area contributed by atoms with Gasteiger partial charge in [0.25, 0.3) is 0 Å². The number of esters is 1. The molecule has 182 valence electrons. The largest absolute Gasteiger partial charge is 0.480 e. The molecule has 1 aliphatic carbocycles. The van der Waals surface area contributed by atoms with Gasteiger partial charge in [0.1, 0.15) is 11.6 Å². The Morgan fingerprint density at radius 3 is 1.97 bits per heavy atom. The van der Waals surface area contributed by atoms with E-state index in [9.17, 15) is 19.5 Å². The number of carbonyl (C=O) groups excluding carboxylic acids is 2. The molecule has 0 radical (unpaired) electrons. The Hall–Kier alpha value is -3.39. The van der Waals surface area contributed by atoms with E-state index in [1.807, 2.05) is 24.3 Å². The van der Waals surface area contributed by atoms with E-state index < -0.39 is 35.2 Å². The van der Waals surface area contributed by atoms with Crippen LogP contribution >= 0.6 is 0 Å². The molecule has 0 fully saturated rings. The Kier molecular flexibility index (Phi) is 7.31. The zero-order chi connectivity index (χ0) is 25.1. The van der Waals surface area contributed by atoms with Crippen molar-refractivity contribution in [2.75, 3.05) is 13.7 Å².